The fourth-order valence-electron chi connectivity index (χ4n) is 1.57. The predicted molar refractivity (Wildman–Crippen MR) is 65.7 cm³/mol. The van der Waals surface area contributed by atoms with E-state index in [2.05, 4.69) is 30.9 Å². The summed E-state index contributed by atoms with van der Waals surface area (Å²) in [5.41, 5.74) is 1.17. The van der Waals surface area contributed by atoms with E-state index in [9.17, 15) is 0 Å². The Bertz CT molecular complexity index is 353. The van der Waals surface area contributed by atoms with Crippen LogP contribution in [0.25, 0.3) is 0 Å². The standard InChI is InChI=1S/C13H18N2O/c1-3-15(4-2)12-7-5-8-13(11-12)16-10-6-9-14/h5,7-8,11H,3-4,6,10H2,1-2H3. The van der Waals surface area contributed by atoms with Crippen LogP contribution in [0.2, 0.25) is 0 Å². The molecule has 0 aliphatic rings. The Morgan fingerprint density at radius 1 is 1.31 bits per heavy atom. The molecule has 0 aliphatic carbocycles. The highest BCUT2D eigenvalue weighted by Gasteiger charge is 2.02. The third kappa shape index (κ3) is 3.47. The van der Waals surface area contributed by atoms with Crippen LogP contribution in [0.4, 0.5) is 5.69 Å². The Labute approximate surface area is 97.3 Å². The highest BCUT2D eigenvalue weighted by Crippen LogP contribution is 2.20. The molecule has 0 bridgehead atoms. The minimum Gasteiger partial charge on any atom is -0.492 e. The molecule has 3 nitrogen and oxygen atoms in total. The summed E-state index contributed by atoms with van der Waals surface area (Å²) >= 11 is 0. The Hall–Kier alpha value is -1.69. The van der Waals surface area contributed by atoms with E-state index in [0.29, 0.717) is 13.0 Å². The van der Waals surface area contributed by atoms with E-state index < -0.39 is 0 Å². The van der Waals surface area contributed by atoms with Gasteiger partial charge >= 0.3 is 0 Å². The van der Waals surface area contributed by atoms with Crippen LogP contribution in [0.5, 0.6) is 5.75 Å². The second-order valence-corrected chi connectivity index (χ2v) is 3.43. The molecule has 0 saturated heterocycles. The average Bonchev–Trinajstić information content (AvgIpc) is 2.32. The number of hydrogen-bond acceptors (Lipinski definition) is 3. The molecule has 0 radical (unpaired) electrons. The molecule has 0 aliphatic heterocycles. The maximum atomic E-state index is 8.42. The Balaban J connectivity index is 2.67. The summed E-state index contributed by atoms with van der Waals surface area (Å²) in [7, 11) is 0. The molecule has 0 spiro atoms. The lowest BCUT2D eigenvalue weighted by atomic mass is 10.2. The molecule has 0 aromatic heterocycles. The molecular formula is C13H18N2O. The minimum absolute atomic E-state index is 0.426. The maximum Gasteiger partial charge on any atom is 0.121 e. The van der Waals surface area contributed by atoms with E-state index in [1.807, 2.05) is 18.2 Å². The van der Waals surface area contributed by atoms with Gasteiger partial charge in [0.05, 0.1) is 12.5 Å². The molecule has 0 atom stereocenters. The Morgan fingerprint density at radius 2 is 2.06 bits per heavy atom. The van der Waals surface area contributed by atoms with Gasteiger partial charge in [-0.2, -0.15) is 5.26 Å². The Kier molecular flexibility index (Phi) is 5.21. The first-order valence-corrected chi connectivity index (χ1v) is 5.66. The number of benzene rings is 1. The van der Waals surface area contributed by atoms with Crippen LogP contribution in [-0.4, -0.2) is 19.7 Å². The average molecular weight is 218 g/mol. The number of anilines is 1. The minimum atomic E-state index is 0.426. The van der Waals surface area contributed by atoms with E-state index in [1.54, 1.807) is 0 Å². The van der Waals surface area contributed by atoms with E-state index >= 15 is 0 Å². The molecule has 1 aromatic carbocycles. The van der Waals surface area contributed by atoms with Gasteiger partial charge in [0, 0.05) is 24.8 Å². The lowest BCUT2D eigenvalue weighted by Gasteiger charge is -2.21. The summed E-state index contributed by atoms with van der Waals surface area (Å²) in [4.78, 5) is 2.26. The predicted octanol–water partition coefficient (Wildman–Crippen LogP) is 2.83. The van der Waals surface area contributed by atoms with E-state index in [1.165, 1.54) is 5.69 Å². The first kappa shape index (κ1) is 12.4. The van der Waals surface area contributed by atoms with E-state index in [-0.39, 0.29) is 0 Å². The first-order chi connectivity index (χ1) is 7.81. The number of hydrogen-bond donors (Lipinski definition) is 0. The molecule has 0 saturated carbocycles. The van der Waals surface area contributed by atoms with Crippen molar-refractivity contribution in [3.8, 4) is 11.8 Å². The third-order valence-corrected chi connectivity index (χ3v) is 2.43. The van der Waals surface area contributed by atoms with Crippen molar-refractivity contribution in [2.45, 2.75) is 20.3 Å². The van der Waals surface area contributed by atoms with Crippen molar-refractivity contribution in [3.05, 3.63) is 24.3 Å². The molecule has 0 amide bonds. The molecule has 3 heteroatoms. The maximum absolute atomic E-state index is 8.42. The molecule has 0 fully saturated rings. The van der Waals surface area contributed by atoms with Crippen molar-refractivity contribution >= 4 is 5.69 Å². The molecule has 0 N–H and O–H groups in total. The summed E-state index contributed by atoms with van der Waals surface area (Å²) in [5.74, 6) is 0.833. The van der Waals surface area contributed by atoms with Gasteiger partial charge in [0.1, 0.15) is 12.4 Å². The van der Waals surface area contributed by atoms with Gasteiger partial charge in [-0.25, -0.2) is 0 Å². The topological polar surface area (TPSA) is 36.3 Å². The fraction of sp³-hybridized carbons (Fsp3) is 0.462. The highest BCUT2D eigenvalue weighted by molar-refractivity contribution is 5.50. The van der Waals surface area contributed by atoms with Gasteiger partial charge in [-0.15, -0.1) is 0 Å². The van der Waals surface area contributed by atoms with E-state index in [4.69, 9.17) is 10.00 Å². The number of ether oxygens (including phenoxy) is 1. The Morgan fingerprint density at radius 3 is 2.69 bits per heavy atom. The molecule has 1 rings (SSSR count). The molecule has 1 aromatic rings. The normalized spacial score (nSPS) is 9.56. The number of nitrogens with zero attached hydrogens (tertiary/aromatic N) is 2. The van der Waals surface area contributed by atoms with Crippen LogP contribution in [0.15, 0.2) is 24.3 Å². The SMILES string of the molecule is CCN(CC)c1cccc(OCCC#N)c1. The van der Waals surface area contributed by atoms with Gasteiger partial charge in [-0.1, -0.05) is 6.07 Å². The zero-order chi connectivity index (χ0) is 11.8. The van der Waals surface area contributed by atoms with Gasteiger partial charge in [0.25, 0.3) is 0 Å². The van der Waals surface area contributed by atoms with Gasteiger partial charge in [0.2, 0.25) is 0 Å². The zero-order valence-electron chi connectivity index (χ0n) is 9.94. The molecular weight excluding hydrogens is 200 g/mol. The van der Waals surface area contributed by atoms with Gasteiger partial charge < -0.3 is 9.64 Å². The van der Waals surface area contributed by atoms with E-state index in [0.717, 1.165) is 18.8 Å². The van der Waals surface area contributed by atoms with Crippen LogP contribution in [0.3, 0.4) is 0 Å². The summed E-state index contributed by atoms with van der Waals surface area (Å²) in [6.45, 7) is 6.69. The summed E-state index contributed by atoms with van der Waals surface area (Å²) in [6, 6.07) is 10.1. The molecule has 0 heterocycles. The largest absolute Gasteiger partial charge is 0.492 e. The second-order valence-electron chi connectivity index (χ2n) is 3.43. The molecule has 86 valence electrons. The van der Waals surface area contributed by atoms with Crippen LogP contribution in [-0.2, 0) is 0 Å². The summed E-state index contributed by atoms with van der Waals surface area (Å²) < 4.78 is 5.48. The monoisotopic (exact) mass is 218 g/mol. The lowest BCUT2D eigenvalue weighted by Crippen LogP contribution is -2.21. The highest BCUT2D eigenvalue weighted by atomic mass is 16.5. The van der Waals surface area contributed by atoms with Gasteiger partial charge in [-0.05, 0) is 26.0 Å². The molecule has 16 heavy (non-hydrogen) atoms. The van der Waals surface area contributed by atoms with Crippen LogP contribution < -0.4 is 9.64 Å². The number of nitriles is 1. The molecule has 0 unspecified atom stereocenters. The van der Waals surface area contributed by atoms with Crippen molar-refractivity contribution in [1.29, 1.82) is 5.26 Å². The van der Waals surface area contributed by atoms with Crippen LogP contribution in [0, 0.1) is 11.3 Å². The van der Waals surface area contributed by atoms with Gasteiger partial charge in [0.15, 0.2) is 0 Å². The van der Waals surface area contributed by atoms with Crippen molar-refractivity contribution in [2.24, 2.45) is 0 Å². The smallest absolute Gasteiger partial charge is 0.121 e. The third-order valence-electron chi connectivity index (χ3n) is 2.43. The van der Waals surface area contributed by atoms with Crippen molar-refractivity contribution in [1.82, 2.24) is 0 Å². The van der Waals surface area contributed by atoms with Crippen molar-refractivity contribution in [2.75, 3.05) is 24.6 Å². The second kappa shape index (κ2) is 6.73. The van der Waals surface area contributed by atoms with Gasteiger partial charge in [-0.3, -0.25) is 0 Å². The quantitative estimate of drug-likeness (QED) is 0.689. The lowest BCUT2D eigenvalue weighted by molar-refractivity contribution is 0.326. The first-order valence-electron chi connectivity index (χ1n) is 5.66. The summed E-state index contributed by atoms with van der Waals surface area (Å²) in [6.07, 6.45) is 0.426. The summed E-state index contributed by atoms with van der Waals surface area (Å²) in [5, 5.41) is 8.42. The fourth-order valence-corrected chi connectivity index (χ4v) is 1.57. The van der Waals surface area contributed by atoms with Crippen molar-refractivity contribution < 1.29 is 4.74 Å². The van der Waals surface area contributed by atoms with Crippen LogP contribution in [0.1, 0.15) is 20.3 Å². The number of rotatable bonds is 6. The van der Waals surface area contributed by atoms with Crippen LogP contribution >= 0.6 is 0 Å². The van der Waals surface area contributed by atoms with Crippen molar-refractivity contribution in [3.63, 3.8) is 0 Å². The zero-order valence-corrected chi connectivity index (χ0v) is 9.94.